The van der Waals surface area contributed by atoms with Crippen LogP contribution in [0, 0.1) is 52.3 Å². The first-order chi connectivity index (χ1) is 29.6. The maximum absolute atomic E-state index is 12.2. The van der Waals surface area contributed by atoms with Crippen molar-refractivity contribution in [2.24, 2.45) is 52.3 Å². The van der Waals surface area contributed by atoms with Crippen molar-refractivity contribution in [3.8, 4) is 0 Å². The number of rotatable bonds is 11. The van der Waals surface area contributed by atoms with E-state index in [9.17, 15) is 56.2 Å². The Morgan fingerprint density at radius 2 is 1.29 bits per heavy atom. The van der Waals surface area contributed by atoms with E-state index in [-0.39, 0.29) is 59.0 Å². The van der Waals surface area contributed by atoms with Crippen LogP contribution in [0.4, 0.5) is 0 Å². The first-order valence-electron chi connectivity index (χ1n) is 23.7. The summed E-state index contributed by atoms with van der Waals surface area (Å²) in [5.74, 6) is -0.753. The largest absolute Gasteiger partial charge is 0.394 e. The van der Waals surface area contributed by atoms with Gasteiger partial charge >= 0.3 is 0 Å². The van der Waals surface area contributed by atoms with Gasteiger partial charge in [0.2, 0.25) is 0 Å². The fourth-order valence-corrected chi connectivity index (χ4v) is 14.1. The lowest BCUT2D eigenvalue weighted by Gasteiger charge is -2.63. The lowest BCUT2D eigenvalue weighted by Crippen LogP contribution is -2.64. The number of hydrogen-bond donors (Lipinski definition) is 11. The second-order valence-corrected chi connectivity index (χ2v) is 21.6. The van der Waals surface area contributed by atoms with Crippen LogP contribution in [0.2, 0.25) is 0 Å². The SMILES string of the molecule is CC(CCC1(O)OC2CC3C4CC(OC5OC(C)C(O)C(OC6OC(C)C(O)C(O)C6O)C5O)C5CC(O)CCC5(C)C4CCC3(C)C2C1C)COC1OC(CO)C(O)C(O)C1O. The Labute approximate surface area is 369 Å². The maximum Gasteiger partial charge on any atom is 0.187 e. The molecule has 364 valence electrons. The van der Waals surface area contributed by atoms with Gasteiger partial charge in [-0.25, -0.2) is 0 Å². The molecule has 8 fully saturated rings. The van der Waals surface area contributed by atoms with E-state index in [2.05, 4.69) is 20.8 Å². The number of ether oxygens (including phenoxy) is 7. The van der Waals surface area contributed by atoms with Crippen molar-refractivity contribution in [2.45, 2.75) is 216 Å². The standard InChI is InChI=1S/C45H76O18/c1-18(17-57-40-36(53)35(52)33(50)29(16-46)61-40)7-12-45(56)19(2)30-28(63-45)15-25-23-14-27(26-13-22(47)8-10-43(26,5)24(23)9-11-44(25,30)6)60-42-38(55)39(32(49)21(4)59-42)62-41-37(54)34(51)31(48)20(3)58-41/h18-42,46-56H,7-17H2,1-6H3. The Bertz CT molecular complexity index is 1560. The number of aliphatic hydroxyl groups excluding tert-OH is 10. The highest BCUT2D eigenvalue weighted by atomic mass is 16.7. The third-order valence-electron chi connectivity index (χ3n) is 17.9. The minimum atomic E-state index is -1.64. The lowest BCUT2D eigenvalue weighted by atomic mass is 9.43. The summed E-state index contributed by atoms with van der Waals surface area (Å²) >= 11 is 0. The van der Waals surface area contributed by atoms with E-state index in [0.29, 0.717) is 38.0 Å². The summed E-state index contributed by atoms with van der Waals surface area (Å²) in [4.78, 5) is 0. The van der Waals surface area contributed by atoms with Gasteiger partial charge in [0.1, 0.15) is 61.0 Å². The molecule has 4 saturated carbocycles. The Hall–Kier alpha value is -0.720. The molecule has 28 atom stereocenters. The lowest BCUT2D eigenvalue weighted by molar-refractivity contribution is -0.363. The van der Waals surface area contributed by atoms with E-state index in [1.54, 1.807) is 6.92 Å². The minimum Gasteiger partial charge on any atom is -0.394 e. The molecule has 8 rings (SSSR count). The molecule has 0 aromatic heterocycles. The fourth-order valence-electron chi connectivity index (χ4n) is 14.1. The molecule has 0 bridgehead atoms. The summed E-state index contributed by atoms with van der Waals surface area (Å²) < 4.78 is 42.7. The first-order valence-corrected chi connectivity index (χ1v) is 23.7. The average Bonchev–Trinajstić information content (AvgIpc) is 3.68. The zero-order chi connectivity index (χ0) is 45.7. The molecule has 28 unspecified atom stereocenters. The van der Waals surface area contributed by atoms with Gasteiger partial charge in [-0.3, -0.25) is 0 Å². The monoisotopic (exact) mass is 905 g/mol. The van der Waals surface area contributed by atoms with Crippen LogP contribution in [-0.4, -0.2) is 186 Å². The molecule has 0 spiro atoms. The molecule has 0 aromatic rings. The Morgan fingerprint density at radius 1 is 0.651 bits per heavy atom. The second-order valence-electron chi connectivity index (χ2n) is 21.6. The molecular formula is C45H76O18. The zero-order valence-electron chi connectivity index (χ0n) is 37.5. The molecule has 4 aliphatic heterocycles. The molecule has 18 nitrogen and oxygen atoms in total. The quantitative estimate of drug-likeness (QED) is 0.114. The van der Waals surface area contributed by atoms with Crippen molar-refractivity contribution in [2.75, 3.05) is 13.2 Å². The predicted molar refractivity (Wildman–Crippen MR) is 218 cm³/mol. The normalized spacial score (nSPS) is 57.5. The van der Waals surface area contributed by atoms with Crippen LogP contribution in [0.15, 0.2) is 0 Å². The van der Waals surface area contributed by atoms with Crippen molar-refractivity contribution in [1.82, 2.24) is 0 Å². The molecular weight excluding hydrogens is 828 g/mol. The summed E-state index contributed by atoms with van der Waals surface area (Å²) in [6.45, 7) is 11.5. The average molecular weight is 905 g/mol. The van der Waals surface area contributed by atoms with Crippen LogP contribution in [-0.2, 0) is 33.2 Å². The van der Waals surface area contributed by atoms with Gasteiger partial charge in [0.25, 0.3) is 0 Å². The molecule has 11 N–H and O–H groups in total. The first kappa shape index (κ1) is 48.7. The summed E-state index contributed by atoms with van der Waals surface area (Å²) in [5.41, 5.74) is -0.329. The molecule has 8 aliphatic rings. The topological polar surface area (TPSA) is 287 Å². The van der Waals surface area contributed by atoms with Gasteiger partial charge in [0.15, 0.2) is 24.7 Å². The van der Waals surface area contributed by atoms with Crippen molar-refractivity contribution in [3.05, 3.63) is 0 Å². The molecule has 4 saturated heterocycles. The van der Waals surface area contributed by atoms with Crippen molar-refractivity contribution in [1.29, 1.82) is 0 Å². The molecule has 0 aromatic carbocycles. The molecule has 0 amide bonds. The van der Waals surface area contributed by atoms with E-state index >= 15 is 0 Å². The Balaban J connectivity index is 0.945. The summed E-state index contributed by atoms with van der Waals surface area (Å²) in [5, 5.41) is 118. The highest BCUT2D eigenvalue weighted by molar-refractivity contribution is 5.16. The van der Waals surface area contributed by atoms with E-state index in [1.807, 2.05) is 6.92 Å². The van der Waals surface area contributed by atoms with Crippen LogP contribution in [0.5, 0.6) is 0 Å². The molecule has 63 heavy (non-hydrogen) atoms. The van der Waals surface area contributed by atoms with Crippen LogP contribution >= 0.6 is 0 Å². The zero-order valence-corrected chi connectivity index (χ0v) is 37.5. The maximum atomic E-state index is 12.2. The second kappa shape index (κ2) is 18.3. The van der Waals surface area contributed by atoms with Gasteiger partial charge < -0.3 is 89.3 Å². The highest BCUT2D eigenvalue weighted by Crippen LogP contribution is 2.71. The van der Waals surface area contributed by atoms with Gasteiger partial charge in [0.05, 0.1) is 43.7 Å². The van der Waals surface area contributed by atoms with Crippen LogP contribution in [0.3, 0.4) is 0 Å². The van der Waals surface area contributed by atoms with E-state index in [4.69, 9.17) is 33.2 Å². The van der Waals surface area contributed by atoms with Gasteiger partial charge in [-0.15, -0.1) is 0 Å². The van der Waals surface area contributed by atoms with E-state index in [1.165, 1.54) is 6.92 Å². The number of hydrogen-bond acceptors (Lipinski definition) is 18. The van der Waals surface area contributed by atoms with E-state index in [0.717, 1.165) is 25.7 Å². The molecule has 0 radical (unpaired) electrons. The van der Waals surface area contributed by atoms with Gasteiger partial charge in [-0.05, 0) is 112 Å². The molecule has 18 heteroatoms. The van der Waals surface area contributed by atoms with Crippen molar-refractivity contribution >= 4 is 0 Å². The minimum absolute atomic E-state index is 0.0435. The summed E-state index contributed by atoms with van der Waals surface area (Å²) in [7, 11) is 0. The van der Waals surface area contributed by atoms with E-state index < -0.39 is 117 Å². The van der Waals surface area contributed by atoms with Crippen LogP contribution < -0.4 is 0 Å². The summed E-state index contributed by atoms with van der Waals surface area (Å²) in [6.07, 6.45) is -14.7. The van der Waals surface area contributed by atoms with Gasteiger partial charge in [0, 0.05) is 12.3 Å². The summed E-state index contributed by atoms with van der Waals surface area (Å²) in [6, 6.07) is 0. The van der Waals surface area contributed by atoms with Crippen molar-refractivity contribution < 1.29 is 89.3 Å². The van der Waals surface area contributed by atoms with Crippen molar-refractivity contribution in [3.63, 3.8) is 0 Å². The highest BCUT2D eigenvalue weighted by Gasteiger charge is 2.69. The fraction of sp³-hybridized carbons (Fsp3) is 1.00. The molecule has 4 aliphatic carbocycles. The van der Waals surface area contributed by atoms with Crippen LogP contribution in [0.1, 0.15) is 99.3 Å². The Kier molecular flexibility index (Phi) is 14.2. The number of fused-ring (bicyclic) bond motifs is 7. The third-order valence-corrected chi connectivity index (χ3v) is 17.9. The number of aliphatic hydroxyl groups is 11. The Morgan fingerprint density at radius 3 is 1.98 bits per heavy atom. The smallest absolute Gasteiger partial charge is 0.187 e. The predicted octanol–water partition coefficient (Wildman–Crippen LogP) is -0.753. The van der Waals surface area contributed by atoms with Gasteiger partial charge in [-0.2, -0.15) is 0 Å². The third kappa shape index (κ3) is 8.49. The molecule has 4 heterocycles. The van der Waals surface area contributed by atoms with Gasteiger partial charge in [-0.1, -0.05) is 27.7 Å². The van der Waals surface area contributed by atoms with Crippen LogP contribution in [0.25, 0.3) is 0 Å².